The summed E-state index contributed by atoms with van der Waals surface area (Å²) in [6.07, 6.45) is -3.46. The second kappa shape index (κ2) is 11.0. The van der Waals surface area contributed by atoms with Crippen LogP contribution >= 0.6 is 7.82 Å². The summed E-state index contributed by atoms with van der Waals surface area (Å²) in [5, 5.41) is 21.6. The smallest absolute Gasteiger partial charge is 0.403 e. The molecule has 17 nitrogen and oxygen atoms in total. The van der Waals surface area contributed by atoms with E-state index in [0.29, 0.717) is 4.57 Å². The average Bonchev–Trinajstić information content (AvgIpc) is 3.59. The molecule has 1 fully saturated rings. The molecule has 4 rings (SSSR count). The average molecular weight is 577 g/mol. The molecule has 3 aromatic heterocycles. The molecule has 1 aliphatic heterocycles. The minimum Gasteiger partial charge on any atom is -0.403 e. The fraction of sp³-hybridized carbons (Fsp3) is 0.368. The lowest BCUT2D eigenvalue weighted by atomic mass is 10.2. The molecule has 210 valence electrons. The highest BCUT2D eigenvalue weighted by Gasteiger charge is 2.52. The zero-order chi connectivity index (χ0) is 28.4. The number of phosphoric ester groups is 1. The van der Waals surface area contributed by atoms with Gasteiger partial charge in [0.05, 0.1) is 24.8 Å². The molecule has 4 heterocycles. The lowest BCUT2D eigenvalue weighted by Crippen LogP contribution is -2.35. The number of anilines is 1. The van der Waals surface area contributed by atoms with Gasteiger partial charge in [-0.2, -0.15) is 4.98 Å². The molecular formula is C19H18F2N5O12P. The Morgan fingerprint density at radius 2 is 1.62 bits per heavy atom. The summed E-state index contributed by atoms with van der Waals surface area (Å²) in [5.74, 6) is -5.32. The van der Waals surface area contributed by atoms with Crippen LogP contribution in [-0.2, 0) is 36.1 Å². The Labute approximate surface area is 214 Å². The molecular weight excluding hydrogens is 559 g/mol. The molecule has 2 N–H and O–H groups in total. The number of nitrogen functional groups attached to an aromatic ring is 1. The Morgan fingerprint density at radius 1 is 1.05 bits per heavy atom. The van der Waals surface area contributed by atoms with Crippen LogP contribution in [0.5, 0.6) is 0 Å². The topological polar surface area (TPSA) is 227 Å². The predicted octanol–water partition coefficient (Wildman–Crippen LogP) is 3.31. The van der Waals surface area contributed by atoms with Crippen LogP contribution in [0, 0.1) is 20.2 Å². The lowest BCUT2D eigenvalue weighted by molar-refractivity contribution is -0.402. The van der Waals surface area contributed by atoms with Crippen molar-refractivity contribution in [1.82, 2.24) is 9.55 Å². The van der Waals surface area contributed by atoms with Gasteiger partial charge in [0.25, 0.3) is 5.92 Å². The third-order valence-corrected chi connectivity index (χ3v) is 6.45. The van der Waals surface area contributed by atoms with Crippen LogP contribution in [0.25, 0.3) is 0 Å². The van der Waals surface area contributed by atoms with Gasteiger partial charge in [0, 0.05) is 12.6 Å². The van der Waals surface area contributed by atoms with Crippen molar-refractivity contribution in [2.45, 2.75) is 37.9 Å². The number of hydrogen-bond acceptors (Lipinski definition) is 14. The first-order valence-corrected chi connectivity index (χ1v) is 12.2. The number of rotatable bonds is 12. The van der Waals surface area contributed by atoms with Gasteiger partial charge >= 0.3 is 25.3 Å². The van der Waals surface area contributed by atoms with Crippen LogP contribution in [0.4, 0.5) is 26.4 Å². The Kier molecular flexibility index (Phi) is 7.89. The second-order valence-electron chi connectivity index (χ2n) is 7.90. The van der Waals surface area contributed by atoms with E-state index in [1.54, 1.807) is 0 Å². The Morgan fingerprint density at radius 3 is 2.10 bits per heavy atom. The molecule has 0 radical (unpaired) electrons. The minimum absolute atomic E-state index is 0.151. The summed E-state index contributed by atoms with van der Waals surface area (Å²) in [5.41, 5.74) is 4.29. The molecule has 0 aliphatic carbocycles. The molecule has 1 saturated heterocycles. The van der Waals surface area contributed by atoms with E-state index >= 15 is 0 Å². The first-order chi connectivity index (χ1) is 18.3. The van der Waals surface area contributed by atoms with Gasteiger partial charge in [-0.15, -0.1) is 0 Å². The largest absolute Gasteiger partial charge is 0.475 e. The van der Waals surface area contributed by atoms with E-state index in [4.69, 9.17) is 32.9 Å². The van der Waals surface area contributed by atoms with Gasteiger partial charge in [-0.3, -0.25) is 38.4 Å². The van der Waals surface area contributed by atoms with Crippen LogP contribution in [0.1, 0.15) is 24.2 Å². The van der Waals surface area contributed by atoms with Crippen molar-refractivity contribution in [3.8, 4) is 0 Å². The molecule has 0 bridgehead atoms. The SMILES string of the molecule is Nc1ccn(C2OC(COP(=O)(OCc3ccc([N+](=O)[O-])o3)OCc3ccc([N+](=O)[O-])o3)CC2(F)F)c(=O)n1. The van der Waals surface area contributed by atoms with Crippen molar-refractivity contribution in [1.29, 1.82) is 0 Å². The zero-order valence-electron chi connectivity index (χ0n) is 19.4. The van der Waals surface area contributed by atoms with Gasteiger partial charge in [-0.05, 0) is 18.2 Å². The number of nitrogens with zero attached hydrogens (tertiary/aromatic N) is 4. The maximum atomic E-state index is 14.7. The van der Waals surface area contributed by atoms with E-state index in [0.717, 1.165) is 36.5 Å². The number of hydrogen-bond donors (Lipinski definition) is 1. The number of nitrogens with two attached hydrogens (primary N) is 1. The van der Waals surface area contributed by atoms with Crippen molar-refractivity contribution in [2.24, 2.45) is 0 Å². The third-order valence-electron chi connectivity index (χ3n) is 5.09. The van der Waals surface area contributed by atoms with E-state index in [1.165, 1.54) is 0 Å². The van der Waals surface area contributed by atoms with Crippen LogP contribution in [-0.4, -0.2) is 38.0 Å². The molecule has 0 spiro atoms. The summed E-state index contributed by atoms with van der Waals surface area (Å²) in [6.45, 7) is -2.11. The van der Waals surface area contributed by atoms with Crippen molar-refractivity contribution in [3.63, 3.8) is 0 Å². The van der Waals surface area contributed by atoms with E-state index in [9.17, 15) is 38.4 Å². The zero-order valence-corrected chi connectivity index (χ0v) is 20.3. The minimum atomic E-state index is -4.66. The van der Waals surface area contributed by atoms with Gasteiger partial charge in [-0.25, -0.2) is 18.1 Å². The quantitative estimate of drug-likeness (QED) is 0.185. The highest BCUT2D eigenvalue weighted by Crippen LogP contribution is 2.52. The van der Waals surface area contributed by atoms with E-state index < -0.39 is 79.6 Å². The van der Waals surface area contributed by atoms with E-state index in [-0.39, 0.29) is 17.3 Å². The van der Waals surface area contributed by atoms with Crippen molar-refractivity contribution in [3.05, 3.63) is 78.8 Å². The summed E-state index contributed by atoms with van der Waals surface area (Å²) >= 11 is 0. The Balaban J connectivity index is 1.46. The van der Waals surface area contributed by atoms with Gasteiger partial charge in [-0.1, -0.05) is 0 Å². The monoisotopic (exact) mass is 577 g/mol. The maximum absolute atomic E-state index is 14.7. The number of halogens is 2. The fourth-order valence-electron chi connectivity index (χ4n) is 3.36. The summed E-state index contributed by atoms with van der Waals surface area (Å²) in [6, 6.07) is 5.45. The molecule has 0 aromatic carbocycles. The molecule has 3 aromatic rings. The Bertz CT molecular complexity index is 1410. The molecule has 0 saturated carbocycles. The first kappa shape index (κ1) is 28.0. The molecule has 2 unspecified atom stereocenters. The number of alkyl halides is 2. The van der Waals surface area contributed by atoms with Crippen LogP contribution in [0.2, 0.25) is 0 Å². The summed E-state index contributed by atoms with van der Waals surface area (Å²) < 4.78 is 73.6. The van der Waals surface area contributed by atoms with Gasteiger partial charge in [0.2, 0.25) is 6.23 Å². The fourth-order valence-corrected chi connectivity index (χ4v) is 4.51. The van der Waals surface area contributed by atoms with Gasteiger partial charge in [0.1, 0.15) is 40.4 Å². The third kappa shape index (κ3) is 6.70. The highest BCUT2D eigenvalue weighted by atomic mass is 31.2. The highest BCUT2D eigenvalue weighted by molar-refractivity contribution is 7.48. The molecule has 20 heteroatoms. The summed E-state index contributed by atoms with van der Waals surface area (Å²) in [4.78, 5) is 35.3. The number of phosphoric acid groups is 1. The van der Waals surface area contributed by atoms with Crippen LogP contribution in [0.3, 0.4) is 0 Å². The standard InChI is InChI=1S/C19H18F2N5O12P/c20-19(21)7-13(38-17(19)24-6-5-14(22)23-18(24)27)10-35-39(32,33-8-11-1-3-15(36-11)25(28)29)34-9-12-2-4-16(37-12)26(30)31/h1-6,13,17H,7-10H2,(H2,22,23,27). The molecule has 2 atom stereocenters. The van der Waals surface area contributed by atoms with Crippen molar-refractivity contribution < 1.29 is 50.3 Å². The molecule has 39 heavy (non-hydrogen) atoms. The van der Waals surface area contributed by atoms with Crippen LogP contribution in [0.15, 0.2) is 50.2 Å². The van der Waals surface area contributed by atoms with Crippen LogP contribution < -0.4 is 11.4 Å². The molecule has 0 amide bonds. The van der Waals surface area contributed by atoms with Crippen molar-refractivity contribution >= 4 is 25.4 Å². The van der Waals surface area contributed by atoms with E-state index in [2.05, 4.69) is 4.98 Å². The van der Waals surface area contributed by atoms with Gasteiger partial charge in [0.15, 0.2) is 0 Å². The van der Waals surface area contributed by atoms with Crippen molar-refractivity contribution in [2.75, 3.05) is 12.3 Å². The van der Waals surface area contributed by atoms with Gasteiger partial charge < -0.3 is 19.3 Å². The molecule has 1 aliphatic rings. The number of ether oxygens (including phenoxy) is 1. The Hall–Kier alpha value is -4.03. The maximum Gasteiger partial charge on any atom is 0.475 e. The predicted molar refractivity (Wildman–Crippen MR) is 120 cm³/mol. The lowest BCUT2D eigenvalue weighted by Gasteiger charge is -2.20. The van der Waals surface area contributed by atoms with E-state index in [1.807, 2.05) is 0 Å². The second-order valence-corrected chi connectivity index (χ2v) is 9.57. The first-order valence-electron chi connectivity index (χ1n) is 10.7. The number of furan rings is 2. The summed E-state index contributed by atoms with van der Waals surface area (Å²) in [7, 11) is -4.66. The number of nitro groups is 2. The normalized spacial score (nSPS) is 18.8. The number of aromatic nitrogens is 2.